The van der Waals surface area contributed by atoms with Crippen molar-refractivity contribution in [2.24, 2.45) is 5.73 Å². The van der Waals surface area contributed by atoms with E-state index in [9.17, 15) is 9.18 Å². The topological polar surface area (TPSA) is 68.0 Å². The van der Waals surface area contributed by atoms with Gasteiger partial charge in [0.25, 0.3) is 0 Å². The molecule has 1 atom stereocenters. The van der Waals surface area contributed by atoms with E-state index in [1.54, 1.807) is 19.2 Å². The molecule has 2 aliphatic heterocycles. The SMILES string of the molecule is COc1ccc(F)c(CN2CCN(C3(C(N)=O)CCOC3)CC2)c1. The molecule has 0 aromatic heterocycles. The molecule has 1 aromatic rings. The molecule has 24 heavy (non-hydrogen) atoms. The zero-order chi connectivity index (χ0) is 17.2. The van der Waals surface area contributed by atoms with Crippen LogP contribution in [0.3, 0.4) is 0 Å². The van der Waals surface area contributed by atoms with Gasteiger partial charge in [0.1, 0.15) is 17.1 Å². The van der Waals surface area contributed by atoms with Crippen LogP contribution in [0.25, 0.3) is 0 Å². The lowest BCUT2D eigenvalue weighted by Gasteiger charge is -2.43. The van der Waals surface area contributed by atoms with E-state index < -0.39 is 5.54 Å². The Hall–Kier alpha value is -1.70. The van der Waals surface area contributed by atoms with Gasteiger partial charge in [-0.25, -0.2) is 4.39 Å². The van der Waals surface area contributed by atoms with Gasteiger partial charge in [-0.2, -0.15) is 0 Å². The van der Waals surface area contributed by atoms with Crippen LogP contribution < -0.4 is 10.5 Å². The van der Waals surface area contributed by atoms with E-state index in [-0.39, 0.29) is 11.7 Å². The highest BCUT2D eigenvalue weighted by Gasteiger charge is 2.46. The summed E-state index contributed by atoms with van der Waals surface area (Å²) in [6, 6.07) is 4.78. The highest BCUT2D eigenvalue weighted by molar-refractivity contribution is 5.85. The molecule has 2 fully saturated rings. The number of rotatable bonds is 5. The summed E-state index contributed by atoms with van der Waals surface area (Å²) in [5, 5.41) is 0. The molecular weight excluding hydrogens is 313 g/mol. The van der Waals surface area contributed by atoms with Crippen molar-refractivity contribution in [3.05, 3.63) is 29.6 Å². The lowest BCUT2D eigenvalue weighted by molar-refractivity contribution is -0.132. The number of nitrogens with two attached hydrogens (primary N) is 1. The minimum Gasteiger partial charge on any atom is -0.497 e. The number of piperazine rings is 1. The van der Waals surface area contributed by atoms with Crippen molar-refractivity contribution in [1.82, 2.24) is 9.80 Å². The summed E-state index contributed by atoms with van der Waals surface area (Å²) in [6.07, 6.45) is 0.646. The molecule has 1 amide bonds. The molecule has 0 radical (unpaired) electrons. The van der Waals surface area contributed by atoms with Gasteiger partial charge in [-0.05, 0) is 18.2 Å². The average molecular weight is 337 g/mol. The first-order valence-corrected chi connectivity index (χ1v) is 8.22. The number of amides is 1. The Labute approximate surface area is 141 Å². The number of carbonyl (C=O) groups excluding carboxylic acids is 1. The second-order valence-electron chi connectivity index (χ2n) is 6.42. The van der Waals surface area contributed by atoms with Crippen LogP contribution in [-0.4, -0.2) is 67.7 Å². The summed E-state index contributed by atoms with van der Waals surface area (Å²) in [4.78, 5) is 16.2. The molecule has 2 N–H and O–H groups in total. The first-order valence-electron chi connectivity index (χ1n) is 8.22. The minimum absolute atomic E-state index is 0.226. The summed E-state index contributed by atoms with van der Waals surface area (Å²) in [5.74, 6) is 0.115. The largest absolute Gasteiger partial charge is 0.497 e. The van der Waals surface area contributed by atoms with E-state index in [1.165, 1.54) is 6.07 Å². The van der Waals surface area contributed by atoms with Gasteiger partial charge < -0.3 is 15.2 Å². The standard InChI is InChI=1S/C17H24FN3O3/c1-23-14-2-3-15(18)13(10-14)11-20-5-7-21(8-6-20)17(16(19)22)4-9-24-12-17/h2-3,10H,4-9,11-12H2,1H3,(H2,19,22). The molecule has 1 unspecified atom stereocenters. The van der Waals surface area contributed by atoms with E-state index in [0.29, 0.717) is 37.5 Å². The van der Waals surface area contributed by atoms with E-state index in [4.69, 9.17) is 15.2 Å². The van der Waals surface area contributed by atoms with Crippen LogP contribution in [-0.2, 0) is 16.1 Å². The lowest BCUT2D eigenvalue weighted by atomic mass is 9.94. The smallest absolute Gasteiger partial charge is 0.240 e. The van der Waals surface area contributed by atoms with Crippen molar-refractivity contribution in [3.63, 3.8) is 0 Å². The predicted octanol–water partition coefficient (Wildman–Crippen LogP) is 0.596. The normalized spacial score (nSPS) is 25.8. The number of primary amides is 1. The van der Waals surface area contributed by atoms with Gasteiger partial charge in [-0.1, -0.05) is 0 Å². The summed E-state index contributed by atoms with van der Waals surface area (Å²) in [5.41, 5.74) is 5.58. The van der Waals surface area contributed by atoms with Gasteiger partial charge >= 0.3 is 0 Å². The van der Waals surface area contributed by atoms with Crippen LogP contribution in [0.2, 0.25) is 0 Å². The Morgan fingerprint density at radius 1 is 1.38 bits per heavy atom. The molecule has 2 aliphatic rings. The van der Waals surface area contributed by atoms with Gasteiger partial charge in [0.2, 0.25) is 5.91 Å². The highest BCUT2D eigenvalue weighted by Crippen LogP contribution is 2.28. The van der Waals surface area contributed by atoms with Gasteiger partial charge in [-0.15, -0.1) is 0 Å². The number of carbonyl (C=O) groups is 1. The van der Waals surface area contributed by atoms with E-state index in [0.717, 1.165) is 26.2 Å². The van der Waals surface area contributed by atoms with Crippen LogP contribution in [0.4, 0.5) is 4.39 Å². The first-order chi connectivity index (χ1) is 11.5. The Bertz CT molecular complexity index is 597. The van der Waals surface area contributed by atoms with Crippen molar-refractivity contribution in [3.8, 4) is 5.75 Å². The molecule has 1 aromatic carbocycles. The van der Waals surface area contributed by atoms with Crippen molar-refractivity contribution in [1.29, 1.82) is 0 Å². The van der Waals surface area contributed by atoms with Crippen molar-refractivity contribution >= 4 is 5.91 Å². The van der Waals surface area contributed by atoms with E-state index in [1.807, 2.05) is 0 Å². The maximum atomic E-state index is 14.0. The van der Waals surface area contributed by atoms with Gasteiger partial charge in [0.05, 0.1) is 13.7 Å². The van der Waals surface area contributed by atoms with Crippen molar-refractivity contribution < 1.29 is 18.7 Å². The van der Waals surface area contributed by atoms with Crippen molar-refractivity contribution in [2.45, 2.75) is 18.5 Å². The molecular formula is C17H24FN3O3. The van der Waals surface area contributed by atoms with Crippen LogP contribution in [0.5, 0.6) is 5.75 Å². The molecule has 0 saturated carbocycles. The minimum atomic E-state index is -0.673. The second kappa shape index (κ2) is 7.04. The lowest BCUT2D eigenvalue weighted by Crippen LogP contribution is -2.63. The number of hydrogen-bond acceptors (Lipinski definition) is 5. The summed E-state index contributed by atoms with van der Waals surface area (Å²) in [6.45, 7) is 4.41. The Kier molecular flexibility index (Phi) is 5.03. The van der Waals surface area contributed by atoms with Gasteiger partial charge in [0, 0.05) is 51.3 Å². The fourth-order valence-electron chi connectivity index (χ4n) is 3.53. The van der Waals surface area contributed by atoms with Gasteiger partial charge in [-0.3, -0.25) is 14.6 Å². The third-order valence-electron chi connectivity index (χ3n) is 5.08. The van der Waals surface area contributed by atoms with Crippen LogP contribution in [0.1, 0.15) is 12.0 Å². The second-order valence-corrected chi connectivity index (χ2v) is 6.42. The number of halogens is 1. The average Bonchev–Trinajstić information content (AvgIpc) is 3.09. The molecule has 132 valence electrons. The molecule has 3 rings (SSSR count). The number of methoxy groups -OCH3 is 1. The number of benzene rings is 1. The third kappa shape index (κ3) is 3.24. The number of nitrogens with zero attached hydrogens (tertiary/aromatic N) is 2. The summed E-state index contributed by atoms with van der Waals surface area (Å²) >= 11 is 0. The fraction of sp³-hybridized carbons (Fsp3) is 0.588. The fourth-order valence-corrected chi connectivity index (χ4v) is 3.53. The molecule has 6 nitrogen and oxygen atoms in total. The zero-order valence-electron chi connectivity index (χ0n) is 14.0. The first kappa shape index (κ1) is 17.1. The Morgan fingerprint density at radius 2 is 2.12 bits per heavy atom. The Morgan fingerprint density at radius 3 is 2.71 bits per heavy atom. The monoisotopic (exact) mass is 337 g/mol. The molecule has 2 heterocycles. The van der Waals surface area contributed by atoms with Gasteiger partial charge in [0.15, 0.2) is 0 Å². The maximum Gasteiger partial charge on any atom is 0.240 e. The zero-order valence-corrected chi connectivity index (χ0v) is 14.0. The molecule has 0 bridgehead atoms. The Balaban J connectivity index is 1.62. The van der Waals surface area contributed by atoms with Crippen LogP contribution in [0.15, 0.2) is 18.2 Å². The third-order valence-corrected chi connectivity index (χ3v) is 5.08. The highest BCUT2D eigenvalue weighted by atomic mass is 19.1. The molecule has 0 spiro atoms. The summed E-state index contributed by atoms with van der Waals surface area (Å²) in [7, 11) is 1.57. The van der Waals surface area contributed by atoms with E-state index >= 15 is 0 Å². The predicted molar refractivity (Wildman–Crippen MR) is 87.2 cm³/mol. The molecule has 7 heteroatoms. The quantitative estimate of drug-likeness (QED) is 0.852. The van der Waals surface area contributed by atoms with Crippen molar-refractivity contribution in [2.75, 3.05) is 46.5 Å². The van der Waals surface area contributed by atoms with Crippen LogP contribution >= 0.6 is 0 Å². The molecule has 0 aliphatic carbocycles. The number of ether oxygens (including phenoxy) is 2. The number of hydrogen-bond donors (Lipinski definition) is 1. The molecule has 2 saturated heterocycles. The van der Waals surface area contributed by atoms with E-state index in [2.05, 4.69) is 9.80 Å². The maximum absolute atomic E-state index is 14.0. The van der Waals surface area contributed by atoms with Crippen LogP contribution in [0, 0.1) is 5.82 Å². The summed E-state index contributed by atoms with van der Waals surface area (Å²) < 4.78 is 24.6.